The quantitative estimate of drug-likeness (QED) is 0.875. The molecule has 2 aromatic rings. The van der Waals surface area contributed by atoms with Gasteiger partial charge in [0.05, 0.1) is 5.60 Å². The molecule has 0 fully saturated rings. The van der Waals surface area contributed by atoms with Crippen molar-refractivity contribution in [2.24, 2.45) is 0 Å². The van der Waals surface area contributed by atoms with Crippen molar-refractivity contribution in [2.45, 2.75) is 25.9 Å². The van der Waals surface area contributed by atoms with Crippen molar-refractivity contribution in [3.8, 4) is 0 Å². The topological polar surface area (TPSA) is 20.2 Å². The lowest BCUT2D eigenvalue weighted by Gasteiger charge is -2.24. The number of hydrogen-bond acceptors (Lipinski definition) is 1. The lowest BCUT2D eigenvalue weighted by molar-refractivity contribution is 0.0573. The third-order valence-electron chi connectivity index (χ3n) is 3.08. The minimum atomic E-state index is -1.06. The molecule has 0 aliphatic heterocycles. The average molecular weight is 244 g/mol. The Bertz CT molecular complexity index is 546. The van der Waals surface area contributed by atoms with E-state index in [-0.39, 0.29) is 5.82 Å². The normalized spacial score (nSPS) is 14.2. The van der Waals surface area contributed by atoms with Gasteiger partial charge in [-0.05, 0) is 37.1 Å². The highest BCUT2D eigenvalue weighted by Gasteiger charge is 2.23. The van der Waals surface area contributed by atoms with Gasteiger partial charge < -0.3 is 5.11 Å². The highest BCUT2D eigenvalue weighted by atomic mass is 19.1. The van der Waals surface area contributed by atoms with E-state index in [2.05, 4.69) is 0 Å². The van der Waals surface area contributed by atoms with Crippen LogP contribution in [0.3, 0.4) is 0 Å². The predicted octanol–water partition coefficient (Wildman–Crippen LogP) is 3.58. The largest absolute Gasteiger partial charge is 0.385 e. The number of aliphatic hydroxyl groups is 1. The molecule has 18 heavy (non-hydrogen) atoms. The Hall–Kier alpha value is -1.67. The van der Waals surface area contributed by atoms with E-state index in [1.54, 1.807) is 19.1 Å². The van der Waals surface area contributed by atoms with E-state index in [4.69, 9.17) is 0 Å². The molecule has 1 unspecified atom stereocenters. The summed E-state index contributed by atoms with van der Waals surface area (Å²) in [6.45, 7) is 3.73. The van der Waals surface area contributed by atoms with Crippen LogP contribution in [-0.2, 0) is 12.0 Å². The average Bonchev–Trinajstić information content (AvgIpc) is 2.28. The van der Waals surface area contributed by atoms with E-state index in [0.29, 0.717) is 12.0 Å². The lowest BCUT2D eigenvalue weighted by atomic mass is 9.88. The summed E-state index contributed by atoms with van der Waals surface area (Å²) in [4.78, 5) is 0. The number of halogens is 1. The second-order valence-electron chi connectivity index (χ2n) is 4.95. The highest BCUT2D eigenvalue weighted by Crippen LogP contribution is 2.26. The van der Waals surface area contributed by atoms with Gasteiger partial charge in [0.2, 0.25) is 0 Å². The maximum absolute atomic E-state index is 13.2. The molecule has 0 saturated carbocycles. The van der Waals surface area contributed by atoms with Crippen LogP contribution in [0.1, 0.15) is 23.6 Å². The van der Waals surface area contributed by atoms with Gasteiger partial charge in [0, 0.05) is 6.42 Å². The van der Waals surface area contributed by atoms with E-state index in [9.17, 15) is 9.50 Å². The van der Waals surface area contributed by atoms with Gasteiger partial charge in [-0.2, -0.15) is 0 Å². The lowest BCUT2D eigenvalue weighted by Crippen LogP contribution is -2.24. The molecule has 2 rings (SSSR count). The number of rotatable bonds is 3. The van der Waals surface area contributed by atoms with E-state index >= 15 is 0 Å². The molecule has 1 atom stereocenters. The summed E-state index contributed by atoms with van der Waals surface area (Å²) in [5.74, 6) is -0.322. The summed E-state index contributed by atoms with van der Waals surface area (Å²) in [7, 11) is 0. The molecule has 2 aromatic carbocycles. The third-order valence-corrected chi connectivity index (χ3v) is 3.08. The maximum atomic E-state index is 13.2. The Morgan fingerprint density at radius 2 is 1.83 bits per heavy atom. The fraction of sp³-hybridized carbons (Fsp3) is 0.250. The summed E-state index contributed by atoms with van der Waals surface area (Å²) in [5.41, 5.74) is 1.74. The van der Waals surface area contributed by atoms with Crippen molar-refractivity contribution in [1.82, 2.24) is 0 Å². The van der Waals surface area contributed by atoms with Gasteiger partial charge in [-0.15, -0.1) is 0 Å². The van der Waals surface area contributed by atoms with Crippen LogP contribution in [0.4, 0.5) is 4.39 Å². The van der Waals surface area contributed by atoms with Crippen LogP contribution in [0.5, 0.6) is 0 Å². The first kappa shape index (κ1) is 12.8. The van der Waals surface area contributed by atoms with Crippen molar-refractivity contribution >= 4 is 0 Å². The number of hydrogen-bond donors (Lipinski definition) is 1. The Morgan fingerprint density at radius 3 is 2.50 bits per heavy atom. The van der Waals surface area contributed by atoms with Crippen LogP contribution < -0.4 is 0 Å². The van der Waals surface area contributed by atoms with Crippen LogP contribution in [0, 0.1) is 12.7 Å². The van der Waals surface area contributed by atoms with Gasteiger partial charge in [0.15, 0.2) is 0 Å². The van der Waals surface area contributed by atoms with Gasteiger partial charge >= 0.3 is 0 Å². The van der Waals surface area contributed by atoms with Gasteiger partial charge in [0.25, 0.3) is 0 Å². The minimum Gasteiger partial charge on any atom is -0.385 e. The van der Waals surface area contributed by atoms with Gasteiger partial charge in [-0.1, -0.05) is 42.0 Å². The van der Waals surface area contributed by atoms with Crippen LogP contribution in [0.2, 0.25) is 0 Å². The van der Waals surface area contributed by atoms with Crippen molar-refractivity contribution in [2.75, 3.05) is 0 Å². The molecule has 0 bridgehead atoms. The van der Waals surface area contributed by atoms with E-state index in [1.807, 2.05) is 31.2 Å². The van der Waals surface area contributed by atoms with E-state index in [1.165, 1.54) is 12.1 Å². The molecule has 1 N–H and O–H groups in total. The predicted molar refractivity (Wildman–Crippen MR) is 70.9 cm³/mol. The Kier molecular flexibility index (Phi) is 3.48. The monoisotopic (exact) mass is 244 g/mol. The third kappa shape index (κ3) is 2.96. The van der Waals surface area contributed by atoms with Crippen molar-refractivity contribution in [1.29, 1.82) is 0 Å². The fourth-order valence-corrected chi connectivity index (χ4v) is 2.15. The molecular weight excluding hydrogens is 227 g/mol. The molecule has 0 aromatic heterocycles. The van der Waals surface area contributed by atoms with Crippen molar-refractivity contribution < 1.29 is 9.50 Å². The van der Waals surface area contributed by atoms with Gasteiger partial charge in [0.1, 0.15) is 5.82 Å². The highest BCUT2D eigenvalue weighted by molar-refractivity contribution is 5.28. The van der Waals surface area contributed by atoms with Crippen molar-refractivity contribution in [3.63, 3.8) is 0 Å². The smallest absolute Gasteiger partial charge is 0.123 e. The first-order chi connectivity index (χ1) is 8.47. The van der Waals surface area contributed by atoms with E-state index in [0.717, 1.165) is 11.1 Å². The first-order valence-electron chi connectivity index (χ1n) is 6.01. The van der Waals surface area contributed by atoms with Gasteiger partial charge in [-0.25, -0.2) is 4.39 Å². The molecule has 0 aliphatic carbocycles. The summed E-state index contributed by atoms with van der Waals surface area (Å²) >= 11 is 0. The van der Waals surface area contributed by atoms with E-state index < -0.39 is 5.60 Å². The van der Waals surface area contributed by atoms with Crippen LogP contribution in [0.25, 0.3) is 0 Å². The summed E-state index contributed by atoms with van der Waals surface area (Å²) < 4.78 is 13.2. The Labute approximate surface area is 107 Å². The molecular formula is C16H17FO. The van der Waals surface area contributed by atoms with Crippen LogP contribution >= 0.6 is 0 Å². The number of benzene rings is 2. The zero-order valence-electron chi connectivity index (χ0n) is 10.7. The second-order valence-corrected chi connectivity index (χ2v) is 4.95. The van der Waals surface area contributed by atoms with Gasteiger partial charge in [-0.3, -0.25) is 0 Å². The zero-order valence-corrected chi connectivity index (χ0v) is 10.7. The second kappa shape index (κ2) is 4.91. The molecule has 0 radical (unpaired) electrons. The summed E-state index contributed by atoms with van der Waals surface area (Å²) in [6.07, 6.45) is 0.470. The molecule has 0 saturated heterocycles. The molecule has 94 valence electrons. The molecule has 2 heteroatoms. The molecule has 0 amide bonds. The molecule has 0 heterocycles. The number of aryl methyl sites for hydroxylation is 1. The minimum absolute atomic E-state index is 0.322. The standard InChI is InChI=1S/C16H17FO/c1-12-5-3-6-13(9-12)11-16(2,18)14-7-4-8-15(17)10-14/h3-10,18H,11H2,1-2H3. The summed E-state index contributed by atoms with van der Waals surface area (Å²) in [5, 5.41) is 10.5. The summed E-state index contributed by atoms with van der Waals surface area (Å²) in [6, 6.07) is 14.1. The zero-order chi connectivity index (χ0) is 13.2. The molecule has 0 spiro atoms. The fourth-order valence-electron chi connectivity index (χ4n) is 2.15. The van der Waals surface area contributed by atoms with Crippen LogP contribution in [-0.4, -0.2) is 5.11 Å². The Balaban J connectivity index is 2.26. The van der Waals surface area contributed by atoms with Crippen molar-refractivity contribution in [3.05, 3.63) is 71.0 Å². The SMILES string of the molecule is Cc1cccc(CC(C)(O)c2cccc(F)c2)c1. The maximum Gasteiger partial charge on any atom is 0.123 e. The Morgan fingerprint density at radius 1 is 1.11 bits per heavy atom. The molecule has 0 aliphatic rings. The first-order valence-corrected chi connectivity index (χ1v) is 6.01. The van der Waals surface area contributed by atoms with Crippen LogP contribution in [0.15, 0.2) is 48.5 Å². The molecule has 1 nitrogen and oxygen atoms in total.